The van der Waals surface area contributed by atoms with Gasteiger partial charge in [-0.1, -0.05) is 121 Å². The average Bonchev–Trinajstić information content (AvgIpc) is 4.06. The third kappa shape index (κ3) is 7.46. The molecule has 0 saturated carbocycles. The maximum atomic E-state index is 13.8. The highest BCUT2D eigenvalue weighted by molar-refractivity contribution is 8.01. The minimum absolute atomic E-state index is 0.0203. The van der Waals surface area contributed by atoms with E-state index >= 15 is 0 Å². The van der Waals surface area contributed by atoms with Crippen molar-refractivity contribution in [3.8, 4) is 44.5 Å². The Morgan fingerprint density at radius 1 is 0.359 bits per heavy atom. The summed E-state index contributed by atoms with van der Waals surface area (Å²) in [6.07, 6.45) is 3.13. The Hall–Kier alpha value is -6.88. The molecule has 6 N–H and O–H groups in total. The van der Waals surface area contributed by atoms with E-state index in [1.54, 1.807) is 84.9 Å². The zero-order chi connectivity index (χ0) is 45.3. The second kappa shape index (κ2) is 15.4. The molecular formula is C44H30N4O12S4. The lowest BCUT2D eigenvalue weighted by atomic mass is 10.0. The molecule has 0 unspecified atom stereocenters. The zero-order valence-corrected chi connectivity index (χ0v) is 35.7. The van der Waals surface area contributed by atoms with E-state index in [2.05, 4.69) is 15.0 Å². The lowest BCUT2D eigenvalue weighted by molar-refractivity contribution is 0.469. The molecule has 64 heavy (non-hydrogen) atoms. The molecule has 0 radical (unpaired) electrons. The van der Waals surface area contributed by atoms with E-state index in [-0.39, 0.29) is 44.7 Å². The van der Waals surface area contributed by atoms with Gasteiger partial charge in [0.1, 0.15) is 19.6 Å². The minimum Gasteiger partial charge on any atom is -0.354 e. The molecule has 0 fully saturated rings. The largest absolute Gasteiger partial charge is 0.354 e. The highest BCUT2D eigenvalue weighted by atomic mass is 32.2. The molecule has 20 heteroatoms. The molecule has 0 amide bonds. The molecule has 7 aromatic rings. The van der Waals surface area contributed by atoms with E-state index in [0.717, 1.165) is 0 Å². The number of fused-ring (bicyclic) bond motifs is 8. The fraction of sp³-hybridized carbons (Fsp3) is 0. The van der Waals surface area contributed by atoms with Crippen LogP contribution in [0, 0.1) is 0 Å². The van der Waals surface area contributed by atoms with Gasteiger partial charge in [-0.15, -0.1) is 0 Å². The fourth-order valence-electron chi connectivity index (χ4n) is 7.98. The number of nitrogens with zero attached hydrogens (tertiary/aromatic N) is 2. The van der Waals surface area contributed by atoms with E-state index in [9.17, 15) is 51.9 Å². The van der Waals surface area contributed by atoms with Crippen molar-refractivity contribution in [1.82, 2.24) is 19.9 Å². The molecule has 8 bridgehead atoms. The summed E-state index contributed by atoms with van der Waals surface area (Å²) in [5.41, 5.74) is -2.32. The van der Waals surface area contributed by atoms with Gasteiger partial charge < -0.3 is 9.97 Å². The topological polar surface area (TPSA) is 275 Å². The van der Waals surface area contributed by atoms with Crippen LogP contribution in [0.25, 0.3) is 88.5 Å². The second-order valence-electron chi connectivity index (χ2n) is 14.4. The summed E-state index contributed by atoms with van der Waals surface area (Å²) in [6.45, 7) is 0. The summed E-state index contributed by atoms with van der Waals surface area (Å²) < 4.78 is 154. The van der Waals surface area contributed by atoms with Crippen LogP contribution in [0.15, 0.2) is 143 Å². The molecule has 3 aromatic heterocycles. The first kappa shape index (κ1) is 42.4. The van der Waals surface area contributed by atoms with E-state index in [1.165, 1.54) is 60.7 Å². The lowest BCUT2D eigenvalue weighted by Crippen LogP contribution is -2.09. The third-order valence-electron chi connectivity index (χ3n) is 10.4. The van der Waals surface area contributed by atoms with Crippen molar-refractivity contribution in [1.29, 1.82) is 0 Å². The molecule has 5 heterocycles. The van der Waals surface area contributed by atoms with Crippen LogP contribution in [0.1, 0.15) is 22.8 Å². The van der Waals surface area contributed by atoms with Crippen LogP contribution in [0.4, 0.5) is 0 Å². The van der Waals surface area contributed by atoms with Crippen LogP contribution in [0.5, 0.6) is 0 Å². The number of H-pyrrole nitrogens is 2. The van der Waals surface area contributed by atoms with Crippen molar-refractivity contribution >= 4 is 84.5 Å². The van der Waals surface area contributed by atoms with Gasteiger partial charge in [0.2, 0.25) is 0 Å². The molecule has 0 aliphatic carbocycles. The fourth-order valence-corrected chi connectivity index (χ4v) is 12.2. The van der Waals surface area contributed by atoms with Gasteiger partial charge >= 0.3 is 0 Å². The number of benzene rings is 4. The standard InChI is InChI=1S/C44H30N4O12S4/c49-61(50,51)41-37-34(26-15-7-2-8-16-26)31-23-21-29(45-31)33(25-13-5-1-6-14-25)30-22-24-32(46-30)35(27-17-9-3-10-18-27)38-42(62(52,53)54)44(64(58,59)60)40(48-38)36(28-19-11-4-12-20-28)39(47-37)43(41)63(55,56)57/h1-24,45,48H,(H,49,50,51)(H,52,53,54)(H,55,56,57)(H,58,59,60). The number of nitrogens with one attached hydrogen (secondary N) is 2. The molecule has 0 atom stereocenters. The first-order valence-corrected chi connectivity index (χ1v) is 24.5. The first-order chi connectivity index (χ1) is 30.3. The van der Waals surface area contributed by atoms with Crippen LogP contribution < -0.4 is 0 Å². The van der Waals surface area contributed by atoms with Crippen molar-refractivity contribution < 1.29 is 51.9 Å². The van der Waals surface area contributed by atoms with Gasteiger partial charge in [0.25, 0.3) is 40.5 Å². The summed E-state index contributed by atoms with van der Waals surface area (Å²) in [7, 11) is -23.2. The Bertz CT molecular complexity index is 3800. The second-order valence-corrected chi connectivity index (χ2v) is 19.8. The average molecular weight is 935 g/mol. The Morgan fingerprint density at radius 3 is 1.12 bits per heavy atom. The van der Waals surface area contributed by atoms with Crippen LogP contribution in [-0.2, 0) is 40.5 Å². The number of aromatic nitrogens is 4. The summed E-state index contributed by atoms with van der Waals surface area (Å²) in [6, 6.07) is 34.7. The number of hydrogen-bond acceptors (Lipinski definition) is 10. The molecule has 0 spiro atoms. The number of hydrogen-bond donors (Lipinski definition) is 6. The van der Waals surface area contributed by atoms with Crippen LogP contribution in [0.2, 0.25) is 0 Å². The predicted octanol–water partition coefficient (Wildman–Crippen LogP) is 8.25. The van der Waals surface area contributed by atoms with Gasteiger partial charge in [0, 0.05) is 33.3 Å². The molecule has 322 valence electrons. The van der Waals surface area contributed by atoms with Crippen LogP contribution in [-0.4, -0.2) is 71.8 Å². The van der Waals surface area contributed by atoms with Crippen LogP contribution >= 0.6 is 0 Å². The van der Waals surface area contributed by atoms with E-state index in [1.807, 2.05) is 0 Å². The number of aromatic amines is 2. The molecule has 16 nitrogen and oxygen atoms in total. The van der Waals surface area contributed by atoms with Crippen molar-refractivity contribution in [3.05, 3.63) is 156 Å². The zero-order valence-electron chi connectivity index (χ0n) is 32.4. The SMILES string of the molecule is O=S(=O)(O)C1=C(S(=O)(=O)O)c2nc1c(-c1ccccc1)c1ccc([nH]1)c(-c1ccccc1)c1nc(c(-c3ccccc3)c3[nH]c(c2-c2ccccc2)c(S(=O)(=O)O)c3S(=O)(=O)O)C=C1. The van der Waals surface area contributed by atoms with Gasteiger partial charge in [-0.05, 0) is 46.5 Å². The van der Waals surface area contributed by atoms with E-state index < -0.39 is 88.1 Å². The molecule has 2 aliphatic heterocycles. The summed E-state index contributed by atoms with van der Waals surface area (Å²) in [4.78, 5) is 9.60. The maximum Gasteiger partial charge on any atom is 0.298 e. The van der Waals surface area contributed by atoms with Gasteiger partial charge in [0.15, 0.2) is 0 Å². The smallest absolute Gasteiger partial charge is 0.298 e. The van der Waals surface area contributed by atoms with Crippen molar-refractivity contribution in [3.63, 3.8) is 0 Å². The third-order valence-corrected chi connectivity index (χ3v) is 14.3. The summed E-state index contributed by atoms with van der Waals surface area (Å²) in [5.74, 6) is 0. The Kier molecular flexibility index (Phi) is 10.2. The molecule has 0 saturated heterocycles. The monoisotopic (exact) mass is 934 g/mol. The van der Waals surface area contributed by atoms with Gasteiger partial charge in [-0.2, -0.15) is 33.7 Å². The summed E-state index contributed by atoms with van der Waals surface area (Å²) >= 11 is 0. The van der Waals surface area contributed by atoms with Crippen molar-refractivity contribution in [2.45, 2.75) is 9.79 Å². The minimum atomic E-state index is -5.85. The molecule has 4 aromatic carbocycles. The van der Waals surface area contributed by atoms with Crippen molar-refractivity contribution in [2.24, 2.45) is 0 Å². The van der Waals surface area contributed by atoms with Crippen molar-refractivity contribution in [2.75, 3.05) is 0 Å². The molecule has 2 aliphatic rings. The van der Waals surface area contributed by atoms with Crippen LogP contribution in [0.3, 0.4) is 0 Å². The Balaban J connectivity index is 1.72. The van der Waals surface area contributed by atoms with E-state index in [4.69, 9.17) is 4.98 Å². The normalized spacial score (nSPS) is 13.4. The van der Waals surface area contributed by atoms with Gasteiger partial charge in [-0.25, -0.2) is 9.97 Å². The Labute approximate surface area is 365 Å². The number of rotatable bonds is 8. The first-order valence-electron chi connectivity index (χ1n) is 18.7. The van der Waals surface area contributed by atoms with Gasteiger partial charge in [0.05, 0.1) is 33.8 Å². The van der Waals surface area contributed by atoms with Gasteiger partial charge in [-0.3, -0.25) is 18.2 Å². The Morgan fingerprint density at radius 2 is 0.703 bits per heavy atom. The molecule has 9 rings (SSSR count). The maximum absolute atomic E-state index is 13.8. The lowest BCUT2D eigenvalue weighted by Gasteiger charge is -2.09. The predicted molar refractivity (Wildman–Crippen MR) is 241 cm³/mol. The highest BCUT2D eigenvalue weighted by Crippen LogP contribution is 2.48. The quantitative estimate of drug-likeness (QED) is 0.0783. The summed E-state index contributed by atoms with van der Waals surface area (Å²) in [5, 5.41) is 0. The highest BCUT2D eigenvalue weighted by Gasteiger charge is 2.42. The van der Waals surface area contributed by atoms with E-state index in [0.29, 0.717) is 16.6 Å². The molecular weight excluding hydrogens is 905 g/mol.